The molecule has 1 saturated heterocycles. The number of hydrogen-bond donors (Lipinski definition) is 3. The summed E-state index contributed by atoms with van der Waals surface area (Å²) in [6.07, 6.45) is 1.27. The van der Waals surface area contributed by atoms with Gasteiger partial charge in [0, 0.05) is 12.6 Å². The summed E-state index contributed by atoms with van der Waals surface area (Å²) in [6, 6.07) is 0.588. The van der Waals surface area contributed by atoms with Crippen molar-refractivity contribution in [3.63, 3.8) is 0 Å². The topological polar surface area (TPSA) is 50.1 Å². The van der Waals surface area contributed by atoms with E-state index in [1.165, 1.54) is 0 Å². The van der Waals surface area contributed by atoms with E-state index in [4.69, 9.17) is 5.73 Å². The van der Waals surface area contributed by atoms with Gasteiger partial charge in [0.1, 0.15) is 0 Å². The van der Waals surface area contributed by atoms with Crippen LogP contribution in [0, 0.1) is 0 Å². The van der Waals surface area contributed by atoms with Gasteiger partial charge in [0.25, 0.3) is 0 Å². The first-order chi connectivity index (χ1) is 3.83. The van der Waals surface area contributed by atoms with Crippen molar-refractivity contribution in [3.05, 3.63) is 0 Å². The van der Waals surface area contributed by atoms with Gasteiger partial charge in [0.05, 0.1) is 6.17 Å². The van der Waals surface area contributed by atoms with Crippen LogP contribution in [0.15, 0.2) is 0 Å². The maximum absolute atomic E-state index is 5.55. The maximum atomic E-state index is 5.55. The largest absolute Gasteiger partial charge is 0.316 e. The molecular weight excluding hydrogens is 102 g/mol. The standard InChI is InChI=1S/C5H13N3/c1-7-4-2-5(6)8-3-4/h4-5,7-8H,2-3,6H2,1H3/t4?,5-/m0/s1. The molecule has 0 amide bonds. The van der Waals surface area contributed by atoms with E-state index in [1.54, 1.807) is 0 Å². The lowest BCUT2D eigenvalue weighted by atomic mass is 10.2. The fraction of sp³-hybridized carbons (Fsp3) is 1.00. The summed E-state index contributed by atoms with van der Waals surface area (Å²) in [5.41, 5.74) is 5.55. The molecular formula is C5H13N3. The molecule has 0 aliphatic carbocycles. The Morgan fingerprint density at radius 2 is 2.50 bits per heavy atom. The van der Waals surface area contributed by atoms with Gasteiger partial charge in [-0.25, -0.2) is 0 Å². The van der Waals surface area contributed by atoms with Gasteiger partial charge in [0.15, 0.2) is 0 Å². The highest BCUT2D eigenvalue weighted by molar-refractivity contribution is 4.80. The normalized spacial score (nSPS) is 38.2. The lowest BCUT2D eigenvalue weighted by Gasteiger charge is -2.03. The van der Waals surface area contributed by atoms with Gasteiger partial charge in [0.2, 0.25) is 0 Å². The minimum absolute atomic E-state index is 0.215. The van der Waals surface area contributed by atoms with Crippen LogP contribution in [0.3, 0.4) is 0 Å². The van der Waals surface area contributed by atoms with Crippen LogP contribution in [-0.2, 0) is 0 Å². The number of nitrogens with two attached hydrogens (primary N) is 1. The summed E-state index contributed by atoms with van der Waals surface area (Å²) in [6.45, 7) is 1.01. The second-order valence-electron chi connectivity index (χ2n) is 2.24. The third-order valence-corrected chi connectivity index (χ3v) is 1.57. The number of nitrogens with one attached hydrogen (secondary N) is 2. The van der Waals surface area contributed by atoms with E-state index < -0.39 is 0 Å². The molecule has 0 aromatic carbocycles. The molecule has 0 bridgehead atoms. The fourth-order valence-electron chi connectivity index (χ4n) is 0.987. The highest BCUT2D eigenvalue weighted by atomic mass is 15.1. The smallest absolute Gasteiger partial charge is 0.0562 e. The van der Waals surface area contributed by atoms with Crippen LogP contribution in [0.2, 0.25) is 0 Å². The van der Waals surface area contributed by atoms with Crippen molar-refractivity contribution in [2.75, 3.05) is 13.6 Å². The molecule has 48 valence electrons. The van der Waals surface area contributed by atoms with Crippen molar-refractivity contribution < 1.29 is 0 Å². The Labute approximate surface area is 49.6 Å². The third kappa shape index (κ3) is 1.18. The van der Waals surface area contributed by atoms with E-state index in [0.29, 0.717) is 6.04 Å². The molecule has 1 heterocycles. The lowest BCUT2D eigenvalue weighted by Crippen LogP contribution is -2.30. The van der Waals surface area contributed by atoms with Crippen molar-refractivity contribution in [2.45, 2.75) is 18.6 Å². The Kier molecular flexibility index (Phi) is 1.83. The molecule has 8 heavy (non-hydrogen) atoms. The van der Waals surface area contributed by atoms with Gasteiger partial charge in [-0.2, -0.15) is 0 Å². The van der Waals surface area contributed by atoms with Gasteiger partial charge in [-0.05, 0) is 13.5 Å². The monoisotopic (exact) mass is 115 g/mol. The predicted molar refractivity (Wildman–Crippen MR) is 33.4 cm³/mol. The van der Waals surface area contributed by atoms with Crippen LogP contribution in [0.4, 0.5) is 0 Å². The maximum Gasteiger partial charge on any atom is 0.0562 e. The van der Waals surface area contributed by atoms with Crippen molar-refractivity contribution in [2.24, 2.45) is 5.73 Å². The Hall–Kier alpha value is -0.120. The first-order valence-corrected chi connectivity index (χ1v) is 2.99. The predicted octanol–water partition coefficient (Wildman–Crippen LogP) is -1.15. The summed E-state index contributed by atoms with van der Waals surface area (Å²) < 4.78 is 0. The molecule has 3 nitrogen and oxygen atoms in total. The minimum Gasteiger partial charge on any atom is -0.316 e. The second kappa shape index (κ2) is 2.44. The van der Waals surface area contributed by atoms with Crippen LogP contribution in [-0.4, -0.2) is 25.8 Å². The molecule has 0 spiro atoms. The van der Waals surface area contributed by atoms with E-state index in [9.17, 15) is 0 Å². The van der Waals surface area contributed by atoms with Crippen LogP contribution in [0.5, 0.6) is 0 Å². The fourth-order valence-corrected chi connectivity index (χ4v) is 0.987. The summed E-state index contributed by atoms with van der Waals surface area (Å²) >= 11 is 0. The van der Waals surface area contributed by atoms with Crippen molar-refractivity contribution in [1.29, 1.82) is 0 Å². The Bertz CT molecular complexity index is 74.1. The zero-order valence-electron chi connectivity index (χ0n) is 5.15. The molecule has 0 aromatic rings. The van der Waals surface area contributed by atoms with Crippen molar-refractivity contribution in [1.82, 2.24) is 10.6 Å². The van der Waals surface area contributed by atoms with Crippen molar-refractivity contribution in [3.8, 4) is 0 Å². The molecule has 2 atom stereocenters. The Morgan fingerprint density at radius 1 is 1.75 bits per heavy atom. The molecule has 0 aromatic heterocycles. The molecule has 0 radical (unpaired) electrons. The quantitative estimate of drug-likeness (QED) is 0.404. The first kappa shape index (κ1) is 6.01. The lowest BCUT2D eigenvalue weighted by molar-refractivity contribution is 0.586. The highest BCUT2D eigenvalue weighted by Crippen LogP contribution is 1.99. The molecule has 1 rings (SSSR count). The average molecular weight is 115 g/mol. The Balaban J connectivity index is 2.22. The van der Waals surface area contributed by atoms with Gasteiger partial charge >= 0.3 is 0 Å². The van der Waals surface area contributed by atoms with Gasteiger partial charge in [-0.15, -0.1) is 0 Å². The number of hydrogen-bond acceptors (Lipinski definition) is 3. The zero-order chi connectivity index (χ0) is 5.98. The van der Waals surface area contributed by atoms with Crippen LogP contribution < -0.4 is 16.4 Å². The zero-order valence-corrected chi connectivity index (χ0v) is 5.15. The number of rotatable bonds is 1. The molecule has 0 saturated carbocycles. The van der Waals surface area contributed by atoms with Crippen molar-refractivity contribution >= 4 is 0 Å². The van der Waals surface area contributed by atoms with Crippen LogP contribution >= 0.6 is 0 Å². The highest BCUT2D eigenvalue weighted by Gasteiger charge is 2.18. The van der Waals surface area contributed by atoms with E-state index >= 15 is 0 Å². The van der Waals surface area contributed by atoms with Crippen LogP contribution in [0.1, 0.15) is 6.42 Å². The first-order valence-electron chi connectivity index (χ1n) is 2.99. The molecule has 1 unspecified atom stereocenters. The summed E-state index contributed by atoms with van der Waals surface area (Å²) in [4.78, 5) is 0. The van der Waals surface area contributed by atoms with E-state index in [-0.39, 0.29) is 6.17 Å². The van der Waals surface area contributed by atoms with E-state index in [1.807, 2.05) is 7.05 Å². The second-order valence-corrected chi connectivity index (χ2v) is 2.24. The molecule has 4 N–H and O–H groups in total. The number of likely N-dealkylation sites (N-methyl/N-ethyl adjacent to an activating group) is 1. The SMILES string of the molecule is CNC1CN[C@H](N)C1. The third-order valence-electron chi connectivity index (χ3n) is 1.57. The van der Waals surface area contributed by atoms with Gasteiger partial charge in [-0.1, -0.05) is 0 Å². The molecule has 1 fully saturated rings. The summed E-state index contributed by atoms with van der Waals surface area (Å²) in [5, 5.41) is 6.29. The summed E-state index contributed by atoms with van der Waals surface area (Å²) in [5.74, 6) is 0. The van der Waals surface area contributed by atoms with E-state index in [2.05, 4.69) is 10.6 Å². The molecule has 3 heteroatoms. The van der Waals surface area contributed by atoms with Crippen LogP contribution in [0.25, 0.3) is 0 Å². The minimum atomic E-state index is 0.215. The average Bonchev–Trinajstić information content (AvgIpc) is 2.14. The summed E-state index contributed by atoms with van der Waals surface area (Å²) in [7, 11) is 1.96. The van der Waals surface area contributed by atoms with Gasteiger partial charge in [-0.3, -0.25) is 0 Å². The van der Waals surface area contributed by atoms with E-state index in [0.717, 1.165) is 13.0 Å². The Morgan fingerprint density at radius 3 is 2.75 bits per heavy atom. The molecule has 1 aliphatic heterocycles. The van der Waals surface area contributed by atoms with Gasteiger partial charge < -0.3 is 16.4 Å². The molecule has 1 aliphatic rings.